The fourth-order valence-corrected chi connectivity index (χ4v) is 2.03. The third-order valence-electron chi connectivity index (χ3n) is 2.95. The van der Waals surface area contributed by atoms with Gasteiger partial charge in [-0.1, -0.05) is 0 Å². The van der Waals surface area contributed by atoms with Gasteiger partial charge in [-0.15, -0.1) is 0 Å². The van der Waals surface area contributed by atoms with Crippen molar-refractivity contribution in [3.63, 3.8) is 0 Å². The molecule has 0 aliphatic heterocycles. The molecule has 0 bridgehead atoms. The summed E-state index contributed by atoms with van der Waals surface area (Å²) >= 11 is 1.54. The Balaban J connectivity index is 4.47. The fourth-order valence-electron chi connectivity index (χ4n) is 1.54. The molecule has 0 aromatic rings. The van der Waals surface area contributed by atoms with Crippen LogP contribution in [0.15, 0.2) is 0 Å². The lowest BCUT2D eigenvalue weighted by Crippen LogP contribution is -2.56. The Morgan fingerprint density at radius 1 is 1.12 bits per heavy atom. The number of carboxylic acids is 1. The van der Waals surface area contributed by atoms with Crippen LogP contribution in [0.1, 0.15) is 13.3 Å². The Morgan fingerprint density at radius 2 is 1.75 bits per heavy atom. The molecule has 0 aliphatic carbocycles. The lowest BCUT2D eigenvalue weighted by atomic mass is 10.2. The third-order valence-corrected chi connectivity index (χ3v) is 3.60. The average molecular weight is 364 g/mol. The number of thioether (sulfide) groups is 1. The first-order valence-corrected chi connectivity index (χ1v) is 8.57. The Hall–Kier alpha value is -1.85. The van der Waals surface area contributed by atoms with Gasteiger partial charge < -0.3 is 31.9 Å². The normalized spacial score (nSPS) is 14.2. The second-order valence-corrected chi connectivity index (χ2v) is 5.96. The van der Waals surface area contributed by atoms with Crippen molar-refractivity contribution in [2.45, 2.75) is 31.5 Å². The summed E-state index contributed by atoms with van der Waals surface area (Å²) in [6.07, 6.45) is 2.34. The van der Waals surface area contributed by atoms with Gasteiger partial charge in [0.1, 0.15) is 18.6 Å². The highest BCUT2D eigenvalue weighted by Crippen LogP contribution is 1.99. The van der Waals surface area contributed by atoms with Crippen LogP contribution in [0.4, 0.5) is 0 Å². The van der Waals surface area contributed by atoms with Crippen LogP contribution in [-0.2, 0) is 19.2 Å². The number of carbonyl (C=O) groups is 4. The molecule has 0 spiro atoms. The molecule has 11 heteroatoms. The quantitative estimate of drug-likeness (QED) is 0.229. The number of rotatable bonds is 11. The van der Waals surface area contributed by atoms with Crippen LogP contribution in [0.25, 0.3) is 0 Å². The minimum absolute atomic E-state index is 0.457. The molecule has 3 atom stereocenters. The van der Waals surface area contributed by atoms with E-state index in [1.54, 1.807) is 11.8 Å². The molecule has 0 aliphatic rings. The van der Waals surface area contributed by atoms with Crippen LogP contribution in [0, 0.1) is 0 Å². The fraction of sp³-hybridized carbons (Fsp3) is 0.692. The van der Waals surface area contributed by atoms with Crippen molar-refractivity contribution < 1.29 is 29.4 Å². The second kappa shape index (κ2) is 11.6. The first kappa shape index (κ1) is 22.1. The molecule has 0 aromatic heterocycles. The molecular formula is C13H24N4O6S. The maximum absolute atomic E-state index is 11.9. The minimum Gasteiger partial charge on any atom is -0.480 e. The van der Waals surface area contributed by atoms with Gasteiger partial charge in [-0.05, 0) is 25.4 Å². The van der Waals surface area contributed by atoms with E-state index in [1.165, 1.54) is 6.92 Å². The van der Waals surface area contributed by atoms with Crippen LogP contribution in [-0.4, -0.2) is 77.2 Å². The van der Waals surface area contributed by atoms with Gasteiger partial charge in [0.2, 0.25) is 17.7 Å². The zero-order valence-electron chi connectivity index (χ0n) is 13.6. The molecule has 138 valence electrons. The maximum atomic E-state index is 11.9. The standard InChI is InChI=1S/C13H24N4O6S/c1-7(16-12(22)8(14)3-4-24-2)11(21)17-9(6-18)13(23)15-5-10(19)20/h7-9,18H,3-6,14H2,1-2H3,(H,15,23)(H,16,22)(H,17,21)(H,19,20)/t7-,8-,9-/m0/s1. The summed E-state index contributed by atoms with van der Waals surface area (Å²) in [5.74, 6) is -2.60. The van der Waals surface area contributed by atoms with Crippen molar-refractivity contribution in [1.82, 2.24) is 16.0 Å². The molecule has 0 fully saturated rings. The summed E-state index contributed by atoms with van der Waals surface area (Å²) in [6, 6.07) is -3.04. The number of aliphatic hydroxyl groups is 1. The molecule has 0 saturated heterocycles. The smallest absolute Gasteiger partial charge is 0.322 e. The molecular weight excluding hydrogens is 340 g/mol. The zero-order valence-corrected chi connectivity index (χ0v) is 14.4. The molecule has 3 amide bonds. The highest BCUT2D eigenvalue weighted by molar-refractivity contribution is 7.98. The van der Waals surface area contributed by atoms with E-state index >= 15 is 0 Å². The molecule has 0 rings (SSSR count). The van der Waals surface area contributed by atoms with Crippen LogP contribution in [0.3, 0.4) is 0 Å². The Morgan fingerprint density at radius 3 is 2.25 bits per heavy atom. The van der Waals surface area contributed by atoms with Crippen molar-refractivity contribution in [2.75, 3.05) is 25.2 Å². The first-order valence-electron chi connectivity index (χ1n) is 7.18. The largest absolute Gasteiger partial charge is 0.480 e. The van der Waals surface area contributed by atoms with Crippen molar-refractivity contribution in [1.29, 1.82) is 0 Å². The van der Waals surface area contributed by atoms with Gasteiger partial charge in [0.15, 0.2) is 0 Å². The Labute approximate surface area is 143 Å². The summed E-state index contributed by atoms with van der Waals surface area (Å²) in [7, 11) is 0. The van der Waals surface area contributed by atoms with E-state index in [0.717, 1.165) is 0 Å². The van der Waals surface area contributed by atoms with Gasteiger partial charge >= 0.3 is 5.97 Å². The van der Waals surface area contributed by atoms with E-state index < -0.39 is 55.0 Å². The van der Waals surface area contributed by atoms with Gasteiger partial charge in [-0.3, -0.25) is 19.2 Å². The Kier molecular flexibility index (Phi) is 10.8. The molecule has 0 heterocycles. The number of nitrogens with two attached hydrogens (primary N) is 1. The van der Waals surface area contributed by atoms with Gasteiger partial charge in [0.05, 0.1) is 12.6 Å². The molecule has 0 unspecified atom stereocenters. The molecule has 0 saturated carbocycles. The number of aliphatic hydroxyl groups excluding tert-OH is 1. The SMILES string of the molecule is CSCC[C@H](N)C(=O)N[C@@H](C)C(=O)N[C@@H](CO)C(=O)NCC(=O)O. The zero-order chi connectivity index (χ0) is 18.7. The molecule has 0 radical (unpaired) electrons. The lowest BCUT2D eigenvalue weighted by Gasteiger charge is -2.20. The van der Waals surface area contributed by atoms with E-state index in [9.17, 15) is 19.2 Å². The maximum Gasteiger partial charge on any atom is 0.322 e. The molecule has 7 N–H and O–H groups in total. The summed E-state index contributed by atoms with van der Waals surface area (Å²) in [5.41, 5.74) is 5.68. The number of hydrogen-bond donors (Lipinski definition) is 6. The highest BCUT2D eigenvalue weighted by Gasteiger charge is 2.25. The van der Waals surface area contributed by atoms with Crippen LogP contribution in [0.5, 0.6) is 0 Å². The molecule has 24 heavy (non-hydrogen) atoms. The van der Waals surface area contributed by atoms with Gasteiger partial charge in [0, 0.05) is 0 Å². The summed E-state index contributed by atoms with van der Waals surface area (Å²) in [4.78, 5) is 45.8. The number of carbonyl (C=O) groups excluding carboxylic acids is 3. The second-order valence-electron chi connectivity index (χ2n) is 4.97. The van der Waals surface area contributed by atoms with Gasteiger partial charge in [0.25, 0.3) is 0 Å². The van der Waals surface area contributed by atoms with Gasteiger partial charge in [-0.25, -0.2) is 0 Å². The number of carboxylic acid groups (broad SMARTS) is 1. The molecule has 10 nitrogen and oxygen atoms in total. The number of nitrogens with one attached hydrogen (secondary N) is 3. The van der Waals surface area contributed by atoms with Crippen LogP contribution >= 0.6 is 11.8 Å². The first-order chi connectivity index (χ1) is 11.2. The predicted octanol–water partition coefficient (Wildman–Crippen LogP) is -2.75. The number of amides is 3. The van der Waals surface area contributed by atoms with Crippen molar-refractivity contribution in [2.24, 2.45) is 5.73 Å². The van der Waals surface area contributed by atoms with E-state index in [1.807, 2.05) is 11.6 Å². The van der Waals surface area contributed by atoms with E-state index in [0.29, 0.717) is 12.2 Å². The highest BCUT2D eigenvalue weighted by atomic mass is 32.2. The van der Waals surface area contributed by atoms with E-state index in [2.05, 4.69) is 10.6 Å². The summed E-state index contributed by atoms with van der Waals surface area (Å²) in [6.45, 7) is 0.0466. The number of hydrogen-bond acceptors (Lipinski definition) is 7. The summed E-state index contributed by atoms with van der Waals surface area (Å²) < 4.78 is 0. The van der Waals surface area contributed by atoms with E-state index in [4.69, 9.17) is 15.9 Å². The Bertz CT molecular complexity index is 462. The van der Waals surface area contributed by atoms with E-state index in [-0.39, 0.29) is 0 Å². The van der Waals surface area contributed by atoms with Gasteiger partial charge in [-0.2, -0.15) is 11.8 Å². The van der Waals surface area contributed by atoms with Crippen LogP contribution < -0.4 is 21.7 Å². The lowest BCUT2D eigenvalue weighted by molar-refractivity contribution is -0.138. The topological polar surface area (TPSA) is 171 Å². The predicted molar refractivity (Wildman–Crippen MR) is 88.2 cm³/mol. The third kappa shape index (κ3) is 8.70. The van der Waals surface area contributed by atoms with Crippen molar-refractivity contribution in [3.8, 4) is 0 Å². The summed E-state index contributed by atoms with van der Waals surface area (Å²) in [5, 5.41) is 24.3. The van der Waals surface area contributed by atoms with Crippen LogP contribution in [0.2, 0.25) is 0 Å². The van der Waals surface area contributed by atoms with Crippen molar-refractivity contribution in [3.05, 3.63) is 0 Å². The van der Waals surface area contributed by atoms with Crippen molar-refractivity contribution >= 4 is 35.5 Å². The molecule has 0 aromatic carbocycles. The average Bonchev–Trinajstić information content (AvgIpc) is 2.54. The number of aliphatic carboxylic acids is 1. The minimum atomic E-state index is -1.32. The monoisotopic (exact) mass is 364 g/mol.